The molecule has 0 bridgehead atoms. The molecule has 0 fully saturated rings. The summed E-state index contributed by atoms with van der Waals surface area (Å²) in [6.07, 6.45) is 0.697. The fraction of sp³-hybridized carbons (Fsp3) is 0.0667. The molecule has 0 N–H and O–H groups in total. The maximum atomic E-state index is 11.9. The van der Waals surface area contributed by atoms with Crippen molar-refractivity contribution in [3.05, 3.63) is 59.7 Å². The number of aldehydes is 1. The summed E-state index contributed by atoms with van der Waals surface area (Å²) in [5.41, 5.74) is 1.55. The monoisotopic (exact) mass is 250 g/mol. The van der Waals surface area contributed by atoms with Crippen LogP contribution in [0.15, 0.2) is 48.5 Å². The van der Waals surface area contributed by atoms with Crippen molar-refractivity contribution in [3.8, 4) is 5.75 Å². The van der Waals surface area contributed by atoms with E-state index in [4.69, 9.17) is 12.6 Å². The summed E-state index contributed by atoms with van der Waals surface area (Å²) in [6, 6.07) is 13.4. The molecular weight excluding hydrogens is 239 g/mol. The minimum Gasteiger partial charge on any atom is -0.485 e. The number of Topliss-reactive ketones (excluding diaryl/α,β-unsaturated/α-hetero) is 1. The van der Waals surface area contributed by atoms with Crippen molar-refractivity contribution in [3.63, 3.8) is 0 Å². The first-order valence-corrected chi connectivity index (χ1v) is 5.76. The molecule has 2 aromatic rings. The SMILES string of the molecule is [B]c1ccc(C(=O)COc2ccccc2C=O)cc1. The van der Waals surface area contributed by atoms with Crippen molar-refractivity contribution in [2.45, 2.75) is 0 Å². The van der Waals surface area contributed by atoms with Gasteiger partial charge in [0.15, 0.2) is 18.7 Å². The van der Waals surface area contributed by atoms with Gasteiger partial charge in [0.05, 0.1) is 5.56 Å². The van der Waals surface area contributed by atoms with E-state index in [0.717, 1.165) is 0 Å². The normalized spacial score (nSPS) is 9.89. The number of carbonyl (C=O) groups excluding carboxylic acids is 2. The van der Waals surface area contributed by atoms with Gasteiger partial charge >= 0.3 is 0 Å². The van der Waals surface area contributed by atoms with E-state index in [2.05, 4.69) is 0 Å². The molecule has 2 rings (SSSR count). The van der Waals surface area contributed by atoms with Crippen LogP contribution in [0.4, 0.5) is 0 Å². The Labute approximate surface area is 112 Å². The van der Waals surface area contributed by atoms with Crippen LogP contribution in [-0.4, -0.2) is 26.5 Å². The smallest absolute Gasteiger partial charge is 0.200 e. The van der Waals surface area contributed by atoms with Gasteiger partial charge in [0.25, 0.3) is 0 Å². The van der Waals surface area contributed by atoms with Gasteiger partial charge in [-0.2, -0.15) is 0 Å². The lowest BCUT2D eigenvalue weighted by molar-refractivity contribution is 0.0918. The highest BCUT2D eigenvalue weighted by Crippen LogP contribution is 2.15. The molecule has 0 atom stereocenters. The fourth-order valence-electron chi connectivity index (χ4n) is 1.60. The molecule has 19 heavy (non-hydrogen) atoms. The van der Waals surface area contributed by atoms with Gasteiger partial charge in [-0.1, -0.05) is 41.9 Å². The number of rotatable bonds is 5. The van der Waals surface area contributed by atoms with E-state index in [1.165, 1.54) is 0 Å². The molecule has 2 aromatic carbocycles. The van der Waals surface area contributed by atoms with Crippen LogP contribution in [0.2, 0.25) is 0 Å². The summed E-state index contributed by atoms with van der Waals surface area (Å²) in [6.45, 7) is -0.116. The number of para-hydroxylation sites is 1. The second kappa shape index (κ2) is 6.00. The predicted octanol–water partition coefficient (Wildman–Crippen LogP) is 1.55. The Bertz CT molecular complexity index is 591. The van der Waals surface area contributed by atoms with Gasteiger partial charge in [-0.3, -0.25) is 9.59 Å². The van der Waals surface area contributed by atoms with Gasteiger partial charge in [-0.25, -0.2) is 0 Å². The van der Waals surface area contributed by atoms with E-state index in [1.54, 1.807) is 48.5 Å². The first-order valence-electron chi connectivity index (χ1n) is 5.76. The second-order valence-electron chi connectivity index (χ2n) is 3.99. The van der Waals surface area contributed by atoms with Crippen LogP contribution in [0.1, 0.15) is 20.7 Å². The van der Waals surface area contributed by atoms with Gasteiger partial charge in [-0.05, 0) is 12.1 Å². The minimum absolute atomic E-state index is 0.116. The van der Waals surface area contributed by atoms with Crippen molar-refractivity contribution in [2.24, 2.45) is 0 Å². The molecule has 0 heterocycles. The Kier molecular flexibility index (Phi) is 4.13. The van der Waals surface area contributed by atoms with E-state index >= 15 is 0 Å². The minimum atomic E-state index is -0.166. The van der Waals surface area contributed by atoms with Gasteiger partial charge in [0.1, 0.15) is 13.6 Å². The first kappa shape index (κ1) is 13.1. The zero-order valence-electron chi connectivity index (χ0n) is 10.2. The van der Waals surface area contributed by atoms with Crippen molar-refractivity contribution in [1.29, 1.82) is 0 Å². The molecule has 0 spiro atoms. The predicted molar refractivity (Wildman–Crippen MR) is 73.5 cm³/mol. The summed E-state index contributed by atoms with van der Waals surface area (Å²) in [7, 11) is 5.55. The number of hydrogen-bond donors (Lipinski definition) is 0. The lowest BCUT2D eigenvalue weighted by atomic mass is 9.95. The van der Waals surface area contributed by atoms with E-state index < -0.39 is 0 Å². The second-order valence-corrected chi connectivity index (χ2v) is 3.99. The van der Waals surface area contributed by atoms with Crippen molar-refractivity contribution in [1.82, 2.24) is 0 Å². The maximum Gasteiger partial charge on any atom is 0.200 e. The summed E-state index contributed by atoms with van der Waals surface area (Å²) in [5.74, 6) is 0.238. The number of ketones is 1. The molecule has 0 saturated heterocycles. The van der Waals surface area contributed by atoms with Gasteiger partial charge in [0, 0.05) is 5.56 Å². The molecule has 92 valence electrons. The van der Waals surface area contributed by atoms with Crippen LogP contribution >= 0.6 is 0 Å². The number of benzene rings is 2. The molecule has 0 saturated carbocycles. The largest absolute Gasteiger partial charge is 0.485 e. The molecule has 0 aromatic heterocycles. The number of ether oxygens (including phenoxy) is 1. The van der Waals surface area contributed by atoms with Crippen molar-refractivity contribution in [2.75, 3.05) is 6.61 Å². The Morgan fingerprint density at radius 3 is 2.47 bits per heavy atom. The van der Waals surface area contributed by atoms with Crippen LogP contribution in [-0.2, 0) is 0 Å². The molecule has 3 nitrogen and oxygen atoms in total. The summed E-state index contributed by atoms with van der Waals surface area (Å²) < 4.78 is 5.36. The van der Waals surface area contributed by atoms with Crippen LogP contribution < -0.4 is 10.2 Å². The third-order valence-electron chi connectivity index (χ3n) is 2.64. The molecular formula is C15H11BO3. The third kappa shape index (κ3) is 3.31. The maximum absolute atomic E-state index is 11.9. The van der Waals surface area contributed by atoms with Crippen LogP contribution in [0.25, 0.3) is 0 Å². The van der Waals surface area contributed by atoms with Crippen LogP contribution in [0.3, 0.4) is 0 Å². The summed E-state index contributed by atoms with van der Waals surface area (Å²) in [4.78, 5) is 22.7. The number of hydrogen-bond acceptors (Lipinski definition) is 3. The quantitative estimate of drug-likeness (QED) is 0.459. The zero-order chi connectivity index (χ0) is 13.7. The highest BCUT2D eigenvalue weighted by atomic mass is 16.5. The van der Waals surface area contributed by atoms with E-state index in [9.17, 15) is 9.59 Å². The van der Waals surface area contributed by atoms with Crippen LogP contribution in [0, 0.1) is 0 Å². The van der Waals surface area contributed by atoms with Crippen molar-refractivity contribution < 1.29 is 14.3 Å². The average molecular weight is 250 g/mol. The van der Waals surface area contributed by atoms with E-state index in [-0.39, 0.29) is 12.4 Å². The Morgan fingerprint density at radius 2 is 1.79 bits per heavy atom. The van der Waals surface area contributed by atoms with Crippen LogP contribution in [0.5, 0.6) is 5.75 Å². The number of carbonyl (C=O) groups is 2. The first-order chi connectivity index (χ1) is 9.20. The Morgan fingerprint density at radius 1 is 1.11 bits per heavy atom. The standard InChI is InChI=1S/C15H11BO3/c16-13-7-5-11(6-8-13)14(18)10-19-15-4-2-1-3-12(15)9-17/h1-9H,10H2. The Balaban J connectivity index is 2.04. The van der Waals surface area contributed by atoms with E-state index in [1.807, 2.05) is 0 Å². The molecule has 2 radical (unpaired) electrons. The van der Waals surface area contributed by atoms with Crippen molar-refractivity contribution >= 4 is 25.4 Å². The topological polar surface area (TPSA) is 43.4 Å². The lowest BCUT2D eigenvalue weighted by Crippen LogP contribution is -2.13. The lowest BCUT2D eigenvalue weighted by Gasteiger charge is -2.07. The Hall–Kier alpha value is -2.36. The molecule has 0 aliphatic heterocycles. The molecule has 0 amide bonds. The van der Waals surface area contributed by atoms with Gasteiger partial charge in [0.2, 0.25) is 0 Å². The molecule has 0 aliphatic rings. The molecule has 0 aliphatic carbocycles. The fourth-order valence-corrected chi connectivity index (χ4v) is 1.60. The summed E-state index contributed by atoms with van der Waals surface area (Å²) >= 11 is 0. The molecule has 4 heteroatoms. The third-order valence-corrected chi connectivity index (χ3v) is 2.64. The highest BCUT2D eigenvalue weighted by Gasteiger charge is 2.08. The zero-order valence-corrected chi connectivity index (χ0v) is 10.2. The van der Waals surface area contributed by atoms with Gasteiger partial charge in [-0.15, -0.1) is 0 Å². The highest BCUT2D eigenvalue weighted by molar-refractivity contribution is 6.32. The van der Waals surface area contributed by atoms with Gasteiger partial charge < -0.3 is 4.74 Å². The molecule has 0 unspecified atom stereocenters. The summed E-state index contributed by atoms with van der Waals surface area (Å²) in [5, 5.41) is 0. The average Bonchev–Trinajstić information content (AvgIpc) is 2.45. The van der Waals surface area contributed by atoms with E-state index in [0.29, 0.717) is 28.6 Å².